The van der Waals surface area contributed by atoms with E-state index in [9.17, 15) is 9.18 Å². The Hall–Kier alpha value is -4.05. The molecular weight excluding hydrogens is 463 g/mol. The lowest BCUT2D eigenvalue weighted by atomic mass is 9.94. The first-order chi connectivity index (χ1) is 17.2. The number of nitrogens with one attached hydrogen (secondary N) is 1. The van der Waals surface area contributed by atoms with Crippen LogP contribution in [-0.2, 0) is 11.2 Å². The normalized spacial score (nSPS) is 15.4. The Labute approximate surface area is 208 Å². The predicted molar refractivity (Wildman–Crippen MR) is 136 cm³/mol. The summed E-state index contributed by atoms with van der Waals surface area (Å²) >= 11 is 0. The van der Waals surface area contributed by atoms with Crippen molar-refractivity contribution in [1.29, 1.82) is 0 Å². The zero-order chi connectivity index (χ0) is 25.8. The van der Waals surface area contributed by atoms with Crippen LogP contribution < -0.4 is 16.0 Å². The zero-order valence-electron chi connectivity index (χ0n) is 20.3. The van der Waals surface area contributed by atoms with Crippen molar-refractivity contribution in [2.75, 3.05) is 50.4 Å². The van der Waals surface area contributed by atoms with E-state index in [0.29, 0.717) is 28.9 Å². The number of hydrogen-bond donors (Lipinski definition) is 3. The highest BCUT2D eigenvalue weighted by molar-refractivity contribution is 5.97. The van der Waals surface area contributed by atoms with Gasteiger partial charge in [-0.1, -0.05) is 12.1 Å². The van der Waals surface area contributed by atoms with E-state index in [1.807, 2.05) is 24.3 Å². The summed E-state index contributed by atoms with van der Waals surface area (Å²) in [6.45, 7) is 5.57. The molecule has 0 atom stereocenters. The van der Waals surface area contributed by atoms with Gasteiger partial charge in [-0.15, -0.1) is 0 Å². The molecule has 9 nitrogen and oxygen atoms in total. The minimum absolute atomic E-state index is 0.0756. The van der Waals surface area contributed by atoms with Gasteiger partial charge in [0.05, 0.1) is 23.1 Å². The van der Waals surface area contributed by atoms with E-state index in [1.54, 1.807) is 18.3 Å². The number of carbonyl (C=O) groups is 2. The third-order valence-corrected chi connectivity index (χ3v) is 6.24. The molecule has 0 radical (unpaired) electrons. The summed E-state index contributed by atoms with van der Waals surface area (Å²) in [7, 11) is 2.12. The Morgan fingerprint density at radius 2 is 1.81 bits per heavy atom. The summed E-state index contributed by atoms with van der Waals surface area (Å²) in [6, 6.07) is 11.0. The third-order valence-electron chi connectivity index (χ3n) is 6.24. The molecule has 0 saturated carbocycles. The van der Waals surface area contributed by atoms with Gasteiger partial charge < -0.3 is 26.0 Å². The number of anilines is 2. The molecule has 4 N–H and O–H groups in total. The smallest absolute Gasteiger partial charge is 0.300 e. The predicted octanol–water partition coefficient (Wildman–Crippen LogP) is 2.66. The number of nitrogen functional groups attached to an aromatic ring is 1. The second kappa shape index (κ2) is 10.7. The molecule has 4 heterocycles. The van der Waals surface area contributed by atoms with Crippen LogP contribution in [-0.4, -0.2) is 71.6 Å². The molecule has 5 rings (SSSR count). The number of fused-ring (bicyclic) bond motifs is 1. The van der Waals surface area contributed by atoms with E-state index in [4.69, 9.17) is 15.6 Å². The van der Waals surface area contributed by atoms with Crippen LogP contribution in [0.3, 0.4) is 0 Å². The van der Waals surface area contributed by atoms with Crippen LogP contribution in [0, 0.1) is 5.95 Å². The number of rotatable bonds is 3. The molecule has 1 amide bonds. The highest BCUT2D eigenvalue weighted by atomic mass is 19.1. The molecule has 3 aromatic rings. The molecular formula is C26H29FN6O3. The first kappa shape index (κ1) is 25.1. The number of benzene rings is 1. The summed E-state index contributed by atoms with van der Waals surface area (Å²) < 4.78 is 14.8. The van der Waals surface area contributed by atoms with E-state index in [2.05, 4.69) is 32.1 Å². The summed E-state index contributed by atoms with van der Waals surface area (Å²) in [5.41, 5.74) is 11.0. The maximum absolute atomic E-state index is 14.8. The Morgan fingerprint density at radius 3 is 2.47 bits per heavy atom. The standard InChI is InChI=1S/C24H25FN6O.C2H4O2/c1-30-8-10-31(11-9-30)17-3-5-21(28-14-17)20-13-19(23(26)29-22(20)25)15-2-4-18-16(12-15)6-7-27-24(18)32;1-2(3)4/h2-5,12-14H,6-11H2,1H3,(H2,26,29)(H,27,32);1H3,(H,3,4). The topological polar surface area (TPSA) is 125 Å². The molecule has 2 aliphatic heterocycles. The Balaban J connectivity index is 0.000000709. The van der Waals surface area contributed by atoms with Crippen molar-refractivity contribution in [3.8, 4) is 22.4 Å². The molecule has 0 bridgehead atoms. The van der Waals surface area contributed by atoms with Crippen LogP contribution in [0.5, 0.6) is 0 Å². The minimum atomic E-state index is -0.833. The molecule has 1 fully saturated rings. The van der Waals surface area contributed by atoms with E-state index in [-0.39, 0.29) is 11.7 Å². The maximum atomic E-state index is 14.8. The highest BCUT2D eigenvalue weighted by Gasteiger charge is 2.20. The molecule has 0 spiro atoms. The molecule has 10 heteroatoms. The van der Waals surface area contributed by atoms with Gasteiger partial charge >= 0.3 is 0 Å². The molecule has 2 aliphatic rings. The van der Waals surface area contributed by atoms with Gasteiger partial charge in [-0.05, 0) is 48.9 Å². The SMILES string of the molecule is CC(=O)O.CN1CCN(c2ccc(-c3cc(-c4ccc5c(c4)CCNC5=O)c(N)nc3F)nc2)CC1. The first-order valence-corrected chi connectivity index (χ1v) is 11.7. The van der Waals surface area contributed by atoms with E-state index >= 15 is 0 Å². The fourth-order valence-electron chi connectivity index (χ4n) is 4.31. The van der Waals surface area contributed by atoms with Gasteiger partial charge in [0, 0.05) is 50.8 Å². The zero-order valence-corrected chi connectivity index (χ0v) is 20.3. The monoisotopic (exact) mass is 492 g/mol. The van der Waals surface area contributed by atoms with Crippen LogP contribution in [0.4, 0.5) is 15.9 Å². The van der Waals surface area contributed by atoms with Crippen molar-refractivity contribution in [3.05, 3.63) is 59.7 Å². The molecule has 0 unspecified atom stereocenters. The van der Waals surface area contributed by atoms with Crippen molar-refractivity contribution >= 4 is 23.4 Å². The van der Waals surface area contributed by atoms with Crippen molar-refractivity contribution in [2.24, 2.45) is 0 Å². The lowest BCUT2D eigenvalue weighted by molar-refractivity contribution is -0.134. The quantitative estimate of drug-likeness (QED) is 0.477. The van der Waals surface area contributed by atoms with Gasteiger partial charge in [0.25, 0.3) is 11.9 Å². The first-order valence-electron chi connectivity index (χ1n) is 11.7. The second-order valence-corrected chi connectivity index (χ2v) is 8.85. The van der Waals surface area contributed by atoms with E-state index in [1.165, 1.54) is 0 Å². The number of nitrogens with zero attached hydrogens (tertiary/aromatic N) is 4. The van der Waals surface area contributed by atoms with Crippen LogP contribution in [0.15, 0.2) is 42.6 Å². The third kappa shape index (κ3) is 5.60. The van der Waals surface area contributed by atoms with Gasteiger partial charge in [0.1, 0.15) is 5.82 Å². The molecule has 1 aromatic carbocycles. The molecule has 0 aliphatic carbocycles. The average molecular weight is 493 g/mol. The second-order valence-electron chi connectivity index (χ2n) is 8.85. The number of pyridine rings is 2. The van der Waals surface area contributed by atoms with Gasteiger partial charge in [-0.2, -0.15) is 4.39 Å². The molecule has 1 saturated heterocycles. The number of nitrogens with two attached hydrogens (primary N) is 1. The van der Waals surface area contributed by atoms with Crippen molar-refractivity contribution in [2.45, 2.75) is 13.3 Å². The van der Waals surface area contributed by atoms with Crippen molar-refractivity contribution < 1.29 is 19.1 Å². The number of hydrogen-bond acceptors (Lipinski definition) is 7. The van der Waals surface area contributed by atoms with Crippen molar-refractivity contribution in [3.63, 3.8) is 0 Å². The Morgan fingerprint density at radius 1 is 1.08 bits per heavy atom. The van der Waals surface area contributed by atoms with Gasteiger partial charge in [0.2, 0.25) is 5.95 Å². The number of aromatic nitrogens is 2. The molecule has 188 valence electrons. The lowest BCUT2D eigenvalue weighted by Gasteiger charge is -2.33. The maximum Gasteiger partial charge on any atom is 0.300 e. The Bertz CT molecular complexity index is 1270. The van der Waals surface area contributed by atoms with Crippen molar-refractivity contribution in [1.82, 2.24) is 20.2 Å². The van der Waals surface area contributed by atoms with Crippen LogP contribution in [0.1, 0.15) is 22.8 Å². The Kier molecular flexibility index (Phi) is 7.44. The number of amides is 1. The fraction of sp³-hybridized carbons (Fsp3) is 0.308. The number of carboxylic acid groups (broad SMARTS) is 1. The average Bonchev–Trinajstić information content (AvgIpc) is 2.84. The largest absolute Gasteiger partial charge is 0.481 e. The number of carbonyl (C=O) groups excluding carboxylic acids is 1. The molecule has 36 heavy (non-hydrogen) atoms. The summed E-state index contributed by atoms with van der Waals surface area (Å²) in [5.74, 6) is -1.45. The highest BCUT2D eigenvalue weighted by Crippen LogP contribution is 2.33. The van der Waals surface area contributed by atoms with Crippen LogP contribution >= 0.6 is 0 Å². The summed E-state index contributed by atoms with van der Waals surface area (Å²) in [6.07, 6.45) is 2.53. The van der Waals surface area contributed by atoms with Crippen LogP contribution in [0.2, 0.25) is 0 Å². The minimum Gasteiger partial charge on any atom is -0.481 e. The summed E-state index contributed by atoms with van der Waals surface area (Å²) in [4.78, 5) is 34.1. The number of piperazine rings is 1. The number of aliphatic carboxylic acids is 1. The van der Waals surface area contributed by atoms with Gasteiger partial charge in [-0.25, -0.2) is 4.98 Å². The number of carboxylic acids is 1. The van der Waals surface area contributed by atoms with Gasteiger partial charge in [-0.3, -0.25) is 14.6 Å². The molecule has 2 aromatic heterocycles. The van der Waals surface area contributed by atoms with E-state index in [0.717, 1.165) is 56.3 Å². The van der Waals surface area contributed by atoms with E-state index < -0.39 is 11.9 Å². The van der Waals surface area contributed by atoms with Crippen LogP contribution in [0.25, 0.3) is 22.4 Å². The summed E-state index contributed by atoms with van der Waals surface area (Å²) in [5, 5.41) is 10.3. The lowest BCUT2D eigenvalue weighted by Crippen LogP contribution is -2.44. The number of halogens is 1. The fourth-order valence-corrected chi connectivity index (χ4v) is 4.31. The van der Waals surface area contributed by atoms with Gasteiger partial charge in [0.15, 0.2) is 0 Å². The number of likely N-dealkylation sites (N-methyl/N-ethyl adjacent to an activating group) is 1.